The van der Waals surface area contributed by atoms with Crippen molar-refractivity contribution in [2.24, 2.45) is 0 Å². The predicted octanol–water partition coefficient (Wildman–Crippen LogP) is 2.56. The topological polar surface area (TPSA) is 53.7 Å². The van der Waals surface area contributed by atoms with Crippen LogP contribution in [-0.2, 0) is 13.0 Å². The maximum absolute atomic E-state index is 11.8. The van der Waals surface area contributed by atoms with E-state index < -0.39 is 0 Å². The summed E-state index contributed by atoms with van der Waals surface area (Å²) in [6.07, 6.45) is 0.904. The van der Waals surface area contributed by atoms with Crippen LogP contribution in [0.15, 0.2) is 33.5 Å². The number of benzene rings is 1. The van der Waals surface area contributed by atoms with Gasteiger partial charge in [-0.3, -0.25) is 4.90 Å². The van der Waals surface area contributed by atoms with Crippen LogP contribution in [0.25, 0.3) is 11.0 Å². The third kappa shape index (κ3) is 3.34. The van der Waals surface area contributed by atoms with E-state index in [1.54, 1.807) is 0 Å². The molecule has 4 heteroatoms. The maximum atomic E-state index is 11.8. The molecule has 0 saturated carbocycles. The first kappa shape index (κ1) is 15.7. The third-order valence-corrected chi connectivity index (χ3v) is 4.13. The van der Waals surface area contributed by atoms with Gasteiger partial charge < -0.3 is 9.52 Å². The van der Waals surface area contributed by atoms with E-state index in [9.17, 15) is 9.90 Å². The molecule has 2 rings (SSSR count). The zero-order chi connectivity index (χ0) is 15.6. The van der Waals surface area contributed by atoms with Crippen molar-refractivity contribution in [2.45, 2.75) is 39.3 Å². The van der Waals surface area contributed by atoms with Crippen molar-refractivity contribution >= 4 is 11.0 Å². The lowest BCUT2D eigenvalue weighted by molar-refractivity contribution is 0.0736. The lowest BCUT2D eigenvalue weighted by Crippen LogP contribution is -2.43. The Morgan fingerprint density at radius 3 is 2.62 bits per heavy atom. The highest BCUT2D eigenvalue weighted by molar-refractivity contribution is 5.80. The van der Waals surface area contributed by atoms with E-state index in [4.69, 9.17) is 4.42 Å². The first-order valence-corrected chi connectivity index (χ1v) is 7.25. The van der Waals surface area contributed by atoms with Gasteiger partial charge in [-0.05, 0) is 44.5 Å². The molecule has 21 heavy (non-hydrogen) atoms. The normalized spacial score (nSPS) is 12.3. The molecule has 0 spiro atoms. The fraction of sp³-hybridized carbons (Fsp3) is 0.471. The molecule has 0 radical (unpaired) electrons. The third-order valence-electron chi connectivity index (χ3n) is 4.13. The molecular formula is C17H23NO3. The number of hydrogen-bond donors (Lipinski definition) is 1. The summed E-state index contributed by atoms with van der Waals surface area (Å²) in [5.41, 5.74) is 2.03. The molecule has 114 valence electrons. The Morgan fingerprint density at radius 1 is 1.29 bits per heavy atom. The van der Waals surface area contributed by atoms with Crippen molar-refractivity contribution in [1.29, 1.82) is 0 Å². The van der Waals surface area contributed by atoms with Crippen molar-refractivity contribution in [2.75, 3.05) is 13.7 Å². The van der Waals surface area contributed by atoms with Crippen molar-refractivity contribution in [3.05, 3.63) is 45.8 Å². The molecule has 0 amide bonds. The van der Waals surface area contributed by atoms with Crippen molar-refractivity contribution in [3.8, 4) is 0 Å². The van der Waals surface area contributed by atoms with E-state index in [-0.39, 0.29) is 17.8 Å². The molecule has 2 aromatic rings. The van der Waals surface area contributed by atoms with Gasteiger partial charge in [0.05, 0.1) is 6.61 Å². The van der Waals surface area contributed by atoms with Gasteiger partial charge in [-0.1, -0.05) is 19.1 Å². The van der Waals surface area contributed by atoms with Gasteiger partial charge in [-0.2, -0.15) is 0 Å². The molecule has 0 aliphatic rings. The van der Waals surface area contributed by atoms with E-state index in [1.807, 2.05) is 37.9 Å². The fourth-order valence-electron chi connectivity index (χ4n) is 2.22. The summed E-state index contributed by atoms with van der Waals surface area (Å²) in [7, 11) is 1.94. The predicted molar refractivity (Wildman–Crippen MR) is 84.5 cm³/mol. The summed E-state index contributed by atoms with van der Waals surface area (Å²) in [5, 5.41) is 10.4. The van der Waals surface area contributed by atoms with E-state index >= 15 is 0 Å². The largest absolute Gasteiger partial charge is 0.423 e. The second kappa shape index (κ2) is 6.00. The first-order chi connectivity index (χ1) is 9.87. The molecule has 0 saturated heterocycles. The highest BCUT2D eigenvalue weighted by Crippen LogP contribution is 2.22. The highest BCUT2D eigenvalue weighted by Gasteiger charge is 2.23. The molecule has 0 atom stereocenters. The van der Waals surface area contributed by atoms with Crippen LogP contribution < -0.4 is 5.63 Å². The fourth-order valence-corrected chi connectivity index (χ4v) is 2.22. The summed E-state index contributed by atoms with van der Waals surface area (Å²) < 4.78 is 5.31. The van der Waals surface area contributed by atoms with Crippen LogP contribution in [0.4, 0.5) is 0 Å². The molecule has 0 aliphatic heterocycles. The number of fused-ring (bicyclic) bond motifs is 1. The van der Waals surface area contributed by atoms with Gasteiger partial charge in [0.1, 0.15) is 5.58 Å². The van der Waals surface area contributed by atoms with Crippen LogP contribution in [-0.4, -0.2) is 29.2 Å². The van der Waals surface area contributed by atoms with Crippen LogP contribution in [0.2, 0.25) is 0 Å². The Balaban J connectivity index is 2.46. The lowest BCUT2D eigenvalue weighted by Gasteiger charge is -2.34. The van der Waals surface area contributed by atoms with Gasteiger partial charge in [0.15, 0.2) is 0 Å². The Morgan fingerprint density at radius 2 is 2.00 bits per heavy atom. The van der Waals surface area contributed by atoms with Gasteiger partial charge in [0, 0.05) is 23.5 Å². The van der Waals surface area contributed by atoms with Crippen LogP contribution >= 0.6 is 0 Å². The summed E-state index contributed by atoms with van der Waals surface area (Å²) in [5.74, 6) is 0. The van der Waals surface area contributed by atoms with Crippen LogP contribution in [0.5, 0.6) is 0 Å². The van der Waals surface area contributed by atoms with Crippen molar-refractivity contribution in [3.63, 3.8) is 0 Å². The van der Waals surface area contributed by atoms with Gasteiger partial charge in [0.25, 0.3) is 0 Å². The summed E-state index contributed by atoms with van der Waals surface area (Å²) in [4.78, 5) is 13.8. The van der Waals surface area contributed by atoms with Crippen molar-refractivity contribution < 1.29 is 9.52 Å². The molecule has 1 aromatic heterocycles. The van der Waals surface area contributed by atoms with Gasteiger partial charge in [-0.15, -0.1) is 0 Å². The van der Waals surface area contributed by atoms with Gasteiger partial charge in [0.2, 0.25) is 0 Å². The molecule has 1 aromatic carbocycles. The summed E-state index contributed by atoms with van der Waals surface area (Å²) in [6, 6.07) is 7.53. The summed E-state index contributed by atoms with van der Waals surface area (Å²) in [6.45, 7) is 6.65. The van der Waals surface area contributed by atoms with E-state index in [1.165, 1.54) is 6.07 Å². The number of rotatable bonds is 5. The number of aliphatic hydroxyl groups is 1. The SMILES string of the molecule is CCc1ccc2c(CN(C)C(C)(C)CO)cc(=O)oc2c1. The zero-order valence-corrected chi connectivity index (χ0v) is 13.1. The standard InChI is InChI=1S/C17H23NO3/c1-5-12-6-7-14-13(9-16(20)21-15(14)8-12)10-18(4)17(2,3)11-19/h6-9,19H,5,10-11H2,1-4H3. The molecule has 1 heterocycles. The molecule has 0 unspecified atom stereocenters. The minimum absolute atomic E-state index is 0.0584. The first-order valence-electron chi connectivity index (χ1n) is 7.25. The lowest BCUT2D eigenvalue weighted by atomic mass is 10.0. The Hall–Kier alpha value is -1.65. The number of nitrogens with zero attached hydrogens (tertiary/aromatic N) is 1. The Bertz CT molecular complexity index is 688. The number of hydrogen-bond acceptors (Lipinski definition) is 4. The molecule has 0 fully saturated rings. The minimum atomic E-state index is -0.342. The van der Waals surface area contributed by atoms with Crippen molar-refractivity contribution in [1.82, 2.24) is 4.90 Å². The molecule has 0 bridgehead atoms. The maximum Gasteiger partial charge on any atom is 0.336 e. The van der Waals surface area contributed by atoms with Crippen LogP contribution in [0.1, 0.15) is 31.9 Å². The smallest absolute Gasteiger partial charge is 0.336 e. The van der Waals surface area contributed by atoms with Crippen LogP contribution in [0, 0.1) is 0 Å². The van der Waals surface area contributed by atoms with E-state index in [0.29, 0.717) is 12.1 Å². The molecular weight excluding hydrogens is 266 g/mol. The average Bonchev–Trinajstić information content (AvgIpc) is 2.46. The van der Waals surface area contributed by atoms with E-state index in [0.717, 1.165) is 22.9 Å². The second-order valence-electron chi connectivity index (χ2n) is 6.10. The Labute approximate surface area is 125 Å². The minimum Gasteiger partial charge on any atom is -0.423 e. The number of aliphatic hydroxyl groups excluding tert-OH is 1. The van der Waals surface area contributed by atoms with Gasteiger partial charge in [-0.25, -0.2) is 4.79 Å². The average molecular weight is 289 g/mol. The number of likely N-dealkylation sites (N-methyl/N-ethyl adjacent to an activating group) is 1. The molecule has 0 aliphatic carbocycles. The monoisotopic (exact) mass is 289 g/mol. The van der Waals surface area contributed by atoms with Crippen LogP contribution in [0.3, 0.4) is 0 Å². The van der Waals surface area contributed by atoms with E-state index in [2.05, 4.69) is 13.0 Å². The second-order valence-corrected chi connectivity index (χ2v) is 6.10. The molecule has 1 N–H and O–H groups in total. The summed E-state index contributed by atoms with van der Waals surface area (Å²) >= 11 is 0. The number of aryl methyl sites for hydroxylation is 1. The van der Waals surface area contributed by atoms with Gasteiger partial charge >= 0.3 is 5.63 Å². The Kier molecular flexibility index (Phi) is 4.49. The molecule has 4 nitrogen and oxygen atoms in total. The zero-order valence-electron chi connectivity index (χ0n) is 13.1. The highest BCUT2D eigenvalue weighted by atomic mass is 16.4. The quantitative estimate of drug-likeness (QED) is 0.860.